The number of unbranched alkanes of at least 4 members (excludes halogenated alkanes) is 6. The predicted molar refractivity (Wildman–Crippen MR) is 105 cm³/mol. The maximum absolute atomic E-state index is 10.2. The van der Waals surface area contributed by atoms with Crippen molar-refractivity contribution in [1.29, 1.82) is 0 Å². The molecule has 146 valence electrons. The van der Waals surface area contributed by atoms with Crippen LogP contribution in [0.15, 0.2) is 24.3 Å². The first-order valence-electron chi connectivity index (χ1n) is 10.5. The fourth-order valence-corrected chi connectivity index (χ4v) is 3.58. The molecule has 1 aliphatic rings. The number of hydrogen-bond acceptors (Lipinski definition) is 3. The Morgan fingerprint density at radius 1 is 0.880 bits per heavy atom. The van der Waals surface area contributed by atoms with Crippen molar-refractivity contribution in [3.8, 4) is 0 Å². The molecule has 0 spiro atoms. The molecule has 0 bridgehead atoms. The van der Waals surface area contributed by atoms with Gasteiger partial charge >= 0.3 is 0 Å². The van der Waals surface area contributed by atoms with Crippen LogP contribution in [0, 0.1) is 11.8 Å². The van der Waals surface area contributed by atoms with Crippen LogP contribution in [0.1, 0.15) is 84.0 Å². The molecular weight excluding hydrogens is 312 g/mol. The minimum atomic E-state index is -0.336. The summed E-state index contributed by atoms with van der Waals surface area (Å²) in [6.07, 6.45) is 20.6. The summed E-state index contributed by atoms with van der Waals surface area (Å²) in [6.45, 7) is 2.44. The van der Waals surface area contributed by atoms with E-state index >= 15 is 0 Å². The summed E-state index contributed by atoms with van der Waals surface area (Å²) in [6, 6.07) is 0. The van der Waals surface area contributed by atoms with Gasteiger partial charge in [0.25, 0.3) is 0 Å². The molecule has 4 atom stereocenters. The van der Waals surface area contributed by atoms with Gasteiger partial charge in [-0.2, -0.15) is 0 Å². The van der Waals surface area contributed by atoms with Gasteiger partial charge in [-0.05, 0) is 50.4 Å². The van der Waals surface area contributed by atoms with Crippen molar-refractivity contribution in [3.05, 3.63) is 24.3 Å². The van der Waals surface area contributed by atoms with Crippen molar-refractivity contribution >= 4 is 0 Å². The lowest BCUT2D eigenvalue weighted by atomic mass is 9.69. The van der Waals surface area contributed by atoms with Crippen molar-refractivity contribution in [2.24, 2.45) is 11.8 Å². The third kappa shape index (κ3) is 10.2. The van der Waals surface area contributed by atoms with E-state index < -0.39 is 0 Å². The molecule has 25 heavy (non-hydrogen) atoms. The Kier molecular flexibility index (Phi) is 13.0. The molecule has 0 radical (unpaired) electrons. The van der Waals surface area contributed by atoms with Crippen LogP contribution >= 0.6 is 0 Å². The van der Waals surface area contributed by atoms with E-state index in [9.17, 15) is 10.2 Å². The fourth-order valence-electron chi connectivity index (χ4n) is 3.58. The summed E-state index contributed by atoms with van der Waals surface area (Å²) in [7, 11) is 0. The minimum absolute atomic E-state index is 0.215. The zero-order valence-corrected chi connectivity index (χ0v) is 16.2. The number of allylic oxidation sites excluding steroid dienone is 3. The van der Waals surface area contributed by atoms with Gasteiger partial charge in [-0.1, -0.05) is 69.8 Å². The van der Waals surface area contributed by atoms with Gasteiger partial charge in [0.15, 0.2) is 0 Å². The van der Waals surface area contributed by atoms with Crippen molar-refractivity contribution in [2.75, 3.05) is 6.61 Å². The lowest BCUT2D eigenvalue weighted by molar-refractivity contribution is 0.0241. The number of hydrogen-bond donors (Lipinski definition) is 3. The molecule has 0 aromatic heterocycles. The smallest absolute Gasteiger partial charge is 0.0723 e. The third-order valence-electron chi connectivity index (χ3n) is 5.44. The first-order chi connectivity index (χ1) is 12.2. The largest absolute Gasteiger partial charge is 0.396 e. The number of rotatable bonds is 15. The molecule has 0 aliphatic heterocycles. The van der Waals surface area contributed by atoms with Crippen molar-refractivity contribution in [1.82, 2.24) is 0 Å². The molecule has 3 nitrogen and oxygen atoms in total. The van der Waals surface area contributed by atoms with E-state index in [-0.39, 0.29) is 18.8 Å². The average molecular weight is 353 g/mol. The van der Waals surface area contributed by atoms with Crippen LogP contribution in [0.3, 0.4) is 0 Å². The van der Waals surface area contributed by atoms with Gasteiger partial charge in [0.1, 0.15) is 0 Å². The Balaban J connectivity index is 2.13. The highest BCUT2D eigenvalue weighted by Crippen LogP contribution is 2.39. The van der Waals surface area contributed by atoms with Crippen LogP contribution in [0.2, 0.25) is 0 Å². The molecule has 0 aromatic rings. The lowest BCUT2D eigenvalue weighted by Crippen LogP contribution is -2.34. The topological polar surface area (TPSA) is 60.7 Å². The lowest BCUT2D eigenvalue weighted by Gasteiger charge is -2.38. The first-order valence-corrected chi connectivity index (χ1v) is 10.5. The predicted octanol–water partition coefficient (Wildman–Crippen LogP) is 4.76. The van der Waals surface area contributed by atoms with E-state index in [1.807, 2.05) is 18.2 Å². The van der Waals surface area contributed by atoms with Crippen LogP contribution in [0.25, 0.3) is 0 Å². The Hall–Kier alpha value is -0.640. The molecule has 1 rings (SSSR count). The zero-order valence-electron chi connectivity index (χ0n) is 16.2. The molecule has 1 aliphatic carbocycles. The molecular formula is C22H40O3. The van der Waals surface area contributed by atoms with Gasteiger partial charge < -0.3 is 15.3 Å². The van der Waals surface area contributed by atoms with Crippen molar-refractivity contribution in [2.45, 2.75) is 96.2 Å². The van der Waals surface area contributed by atoms with Gasteiger partial charge in [-0.25, -0.2) is 0 Å². The van der Waals surface area contributed by atoms with Gasteiger partial charge in [0.05, 0.1) is 12.2 Å². The molecule has 2 unspecified atom stereocenters. The van der Waals surface area contributed by atoms with Crippen LogP contribution < -0.4 is 0 Å². The Labute approximate surface area is 154 Å². The highest BCUT2D eigenvalue weighted by atomic mass is 16.3. The maximum atomic E-state index is 10.2. The fraction of sp³-hybridized carbons (Fsp3) is 0.818. The monoisotopic (exact) mass is 352 g/mol. The van der Waals surface area contributed by atoms with E-state index in [4.69, 9.17) is 5.11 Å². The molecule has 3 heteroatoms. The minimum Gasteiger partial charge on any atom is -0.396 e. The SMILES string of the molecule is CCCCCCCCC(O)/C=C/C=C/[C@H]1CC[C@H]1C(O)CCCCO. The van der Waals surface area contributed by atoms with Crippen LogP contribution in [-0.4, -0.2) is 34.1 Å². The second kappa shape index (κ2) is 14.5. The Morgan fingerprint density at radius 2 is 1.60 bits per heavy atom. The van der Waals surface area contributed by atoms with E-state index in [1.165, 1.54) is 32.1 Å². The molecule has 3 N–H and O–H groups in total. The third-order valence-corrected chi connectivity index (χ3v) is 5.44. The average Bonchev–Trinajstić information content (AvgIpc) is 2.57. The number of aliphatic hydroxyl groups is 3. The maximum Gasteiger partial charge on any atom is 0.0723 e. The molecule has 0 heterocycles. The summed E-state index contributed by atoms with van der Waals surface area (Å²) in [5.74, 6) is 0.834. The summed E-state index contributed by atoms with van der Waals surface area (Å²) < 4.78 is 0. The Bertz CT molecular complexity index is 364. The van der Waals surface area contributed by atoms with E-state index in [1.54, 1.807) is 0 Å². The van der Waals surface area contributed by atoms with Gasteiger partial charge in [-0.3, -0.25) is 0 Å². The van der Waals surface area contributed by atoms with Gasteiger partial charge in [0.2, 0.25) is 0 Å². The summed E-state index contributed by atoms with van der Waals surface area (Å²) in [5, 5.41) is 29.0. The van der Waals surface area contributed by atoms with Crippen LogP contribution in [0.4, 0.5) is 0 Å². The molecule has 0 aromatic carbocycles. The first kappa shape index (κ1) is 22.4. The van der Waals surface area contributed by atoms with Crippen molar-refractivity contribution in [3.63, 3.8) is 0 Å². The normalized spacial score (nSPS) is 23.2. The van der Waals surface area contributed by atoms with E-state index in [0.717, 1.165) is 44.9 Å². The molecule has 0 saturated heterocycles. The van der Waals surface area contributed by atoms with Crippen LogP contribution in [-0.2, 0) is 0 Å². The second-order valence-electron chi connectivity index (χ2n) is 7.59. The standard InChI is InChI=1S/C22H40O3/c1-2-3-4-5-6-7-13-20(24)14-9-8-12-19-16-17-21(19)22(25)15-10-11-18-23/h8-9,12,14,19-25H,2-7,10-11,13,15-18H2,1H3/b12-8+,14-9+/t19-,20?,21+,22?/m0/s1. The van der Waals surface area contributed by atoms with Gasteiger partial charge in [-0.15, -0.1) is 0 Å². The van der Waals surface area contributed by atoms with Crippen LogP contribution in [0.5, 0.6) is 0 Å². The van der Waals surface area contributed by atoms with E-state index in [2.05, 4.69) is 13.0 Å². The Morgan fingerprint density at radius 3 is 2.28 bits per heavy atom. The summed E-state index contributed by atoms with van der Waals surface area (Å²) >= 11 is 0. The highest BCUT2D eigenvalue weighted by molar-refractivity contribution is 5.09. The van der Waals surface area contributed by atoms with Gasteiger partial charge in [0, 0.05) is 6.61 Å². The molecule has 1 saturated carbocycles. The number of aliphatic hydroxyl groups excluding tert-OH is 3. The zero-order chi connectivity index (χ0) is 18.3. The quantitative estimate of drug-likeness (QED) is 0.294. The highest BCUT2D eigenvalue weighted by Gasteiger charge is 2.33. The van der Waals surface area contributed by atoms with E-state index in [0.29, 0.717) is 11.8 Å². The summed E-state index contributed by atoms with van der Waals surface area (Å²) in [4.78, 5) is 0. The second-order valence-corrected chi connectivity index (χ2v) is 7.59. The molecule has 1 fully saturated rings. The molecule has 0 amide bonds. The van der Waals surface area contributed by atoms with Crippen molar-refractivity contribution < 1.29 is 15.3 Å². The summed E-state index contributed by atoms with van der Waals surface area (Å²) in [5.41, 5.74) is 0.